The Kier molecular flexibility index (Phi) is 6.07. The van der Waals surface area contributed by atoms with E-state index in [1.807, 2.05) is 0 Å². The summed E-state index contributed by atoms with van der Waals surface area (Å²) < 4.78 is 53.2. The molecule has 1 aliphatic rings. The molecule has 10 heteroatoms. The third-order valence-electron chi connectivity index (χ3n) is 4.23. The Hall–Kier alpha value is -2.65. The van der Waals surface area contributed by atoms with Crippen molar-refractivity contribution in [2.24, 2.45) is 5.92 Å². The lowest BCUT2D eigenvalue weighted by Crippen LogP contribution is -2.40. The van der Waals surface area contributed by atoms with Crippen molar-refractivity contribution < 1.29 is 37.0 Å². The summed E-state index contributed by atoms with van der Waals surface area (Å²) in [4.78, 5) is 26.6. The summed E-state index contributed by atoms with van der Waals surface area (Å²) in [5.74, 6) is -0.970. The van der Waals surface area contributed by atoms with Crippen LogP contribution in [0.1, 0.15) is 6.42 Å². The summed E-state index contributed by atoms with van der Waals surface area (Å²) >= 11 is 0. The van der Waals surface area contributed by atoms with E-state index in [4.69, 9.17) is 14.2 Å². The fourth-order valence-electron chi connectivity index (χ4n) is 3.00. The standard InChI is InChI=1S/C17H21F3N2O5/c1-21(9-17(18,19)20)16(24)10-5-14(23)22(8-10)11-6-12(25-2)15(27-4)13(7-11)26-3/h6-7,10H,5,8-9H2,1-4H3. The molecule has 150 valence electrons. The third kappa shape index (κ3) is 4.55. The van der Waals surface area contributed by atoms with Crippen molar-refractivity contribution in [2.45, 2.75) is 12.6 Å². The topological polar surface area (TPSA) is 68.3 Å². The Labute approximate surface area is 154 Å². The van der Waals surface area contributed by atoms with Gasteiger partial charge in [0, 0.05) is 32.1 Å². The van der Waals surface area contributed by atoms with E-state index in [0.717, 1.165) is 7.05 Å². The number of halogens is 3. The molecule has 0 radical (unpaired) electrons. The Morgan fingerprint density at radius 1 is 1.19 bits per heavy atom. The molecule has 0 spiro atoms. The zero-order valence-electron chi connectivity index (χ0n) is 15.4. The average Bonchev–Trinajstić information content (AvgIpc) is 2.99. The summed E-state index contributed by atoms with van der Waals surface area (Å²) in [6.45, 7) is -1.39. The molecule has 0 N–H and O–H groups in total. The maximum absolute atomic E-state index is 12.5. The zero-order valence-corrected chi connectivity index (χ0v) is 15.4. The van der Waals surface area contributed by atoms with E-state index in [1.165, 1.54) is 26.2 Å². The number of methoxy groups -OCH3 is 3. The van der Waals surface area contributed by atoms with E-state index in [2.05, 4.69) is 0 Å². The number of nitrogens with zero attached hydrogens (tertiary/aromatic N) is 2. The molecule has 1 aliphatic heterocycles. The van der Waals surface area contributed by atoms with Gasteiger partial charge < -0.3 is 24.0 Å². The van der Waals surface area contributed by atoms with Gasteiger partial charge in [0.05, 0.1) is 32.9 Å². The van der Waals surface area contributed by atoms with Crippen molar-refractivity contribution >= 4 is 17.5 Å². The molecule has 1 aromatic carbocycles. The van der Waals surface area contributed by atoms with Gasteiger partial charge in [-0.3, -0.25) is 9.59 Å². The zero-order chi connectivity index (χ0) is 20.4. The molecular formula is C17H21F3N2O5. The van der Waals surface area contributed by atoms with Crippen molar-refractivity contribution in [3.05, 3.63) is 12.1 Å². The van der Waals surface area contributed by atoms with E-state index in [1.54, 1.807) is 12.1 Å². The van der Waals surface area contributed by atoms with Crippen molar-refractivity contribution in [3.8, 4) is 17.2 Å². The molecule has 27 heavy (non-hydrogen) atoms. The largest absolute Gasteiger partial charge is 0.493 e. The van der Waals surface area contributed by atoms with Gasteiger partial charge in [-0.25, -0.2) is 0 Å². The quantitative estimate of drug-likeness (QED) is 0.744. The highest BCUT2D eigenvalue weighted by molar-refractivity contribution is 6.00. The van der Waals surface area contributed by atoms with E-state index in [9.17, 15) is 22.8 Å². The van der Waals surface area contributed by atoms with Crippen LogP contribution in [0.15, 0.2) is 12.1 Å². The molecular weight excluding hydrogens is 369 g/mol. The van der Waals surface area contributed by atoms with Crippen LogP contribution in [0.25, 0.3) is 0 Å². The SMILES string of the molecule is COc1cc(N2CC(C(=O)N(C)CC(F)(F)F)CC2=O)cc(OC)c1OC. The van der Waals surface area contributed by atoms with Crippen molar-refractivity contribution in [1.82, 2.24) is 4.90 Å². The van der Waals surface area contributed by atoms with Crippen LogP contribution in [0.5, 0.6) is 17.2 Å². The van der Waals surface area contributed by atoms with Crippen LogP contribution in [-0.4, -0.2) is 64.4 Å². The minimum Gasteiger partial charge on any atom is -0.493 e. The fraction of sp³-hybridized carbons (Fsp3) is 0.529. The summed E-state index contributed by atoms with van der Waals surface area (Å²) in [5, 5.41) is 0. The minimum absolute atomic E-state index is 0.0293. The number of benzene rings is 1. The molecule has 0 aliphatic carbocycles. The molecule has 1 atom stereocenters. The molecule has 1 heterocycles. The van der Waals surface area contributed by atoms with E-state index < -0.39 is 24.5 Å². The van der Waals surface area contributed by atoms with Gasteiger partial charge in [-0.15, -0.1) is 0 Å². The van der Waals surface area contributed by atoms with Gasteiger partial charge in [0.2, 0.25) is 17.6 Å². The van der Waals surface area contributed by atoms with Gasteiger partial charge in [0.1, 0.15) is 6.54 Å². The molecule has 0 bridgehead atoms. The predicted molar refractivity (Wildman–Crippen MR) is 90.3 cm³/mol. The number of rotatable bonds is 6. The van der Waals surface area contributed by atoms with Crippen LogP contribution in [0.2, 0.25) is 0 Å². The fourth-order valence-corrected chi connectivity index (χ4v) is 3.00. The lowest BCUT2D eigenvalue weighted by atomic mass is 10.1. The summed E-state index contributed by atoms with van der Waals surface area (Å²) in [7, 11) is 5.35. The van der Waals surface area contributed by atoms with Crippen molar-refractivity contribution in [2.75, 3.05) is 46.4 Å². The Bertz CT molecular complexity index is 698. The second-order valence-electron chi connectivity index (χ2n) is 6.10. The second-order valence-corrected chi connectivity index (χ2v) is 6.10. The maximum atomic E-state index is 12.5. The van der Waals surface area contributed by atoms with Crippen molar-refractivity contribution in [3.63, 3.8) is 0 Å². The van der Waals surface area contributed by atoms with E-state index >= 15 is 0 Å². The first kappa shape index (κ1) is 20.7. The van der Waals surface area contributed by atoms with Crippen LogP contribution < -0.4 is 19.1 Å². The Balaban J connectivity index is 2.24. The summed E-state index contributed by atoms with van der Waals surface area (Å²) in [5.41, 5.74) is 0.406. The molecule has 0 saturated carbocycles. The third-order valence-corrected chi connectivity index (χ3v) is 4.23. The number of alkyl halides is 3. The highest BCUT2D eigenvalue weighted by atomic mass is 19.4. The maximum Gasteiger partial charge on any atom is 0.406 e. The Morgan fingerprint density at radius 3 is 2.19 bits per heavy atom. The van der Waals surface area contributed by atoms with Gasteiger partial charge >= 0.3 is 6.18 Å². The summed E-state index contributed by atoms with van der Waals surface area (Å²) in [6.07, 6.45) is -4.67. The first-order chi connectivity index (χ1) is 12.6. The molecule has 2 amide bonds. The number of hydrogen-bond acceptors (Lipinski definition) is 5. The second kappa shape index (κ2) is 7.93. The molecule has 2 rings (SSSR count). The molecule has 7 nitrogen and oxygen atoms in total. The molecule has 1 unspecified atom stereocenters. The Morgan fingerprint density at radius 2 is 1.74 bits per heavy atom. The number of ether oxygens (including phenoxy) is 3. The lowest BCUT2D eigenvalue weighted by molar-refractivity contribution is -0.160. The van der Waals surface area contributed by atoms with Gasteiger partial charge in [0.25, 0.3) is 0 Å². The van der Waals surface area contributed by atoms with Crippen LogP contribution in [-0.2, 0) is 9.59 Å². The smallest absolute Gasteiger partial charge is 0.406 e. The monoisotopic (exact) mass is 390 g/mol. The molecule has 1 fully saturated rings. The van der Waals surface area contributed by atoms with Crippen molar-refractivity contribution in [1.29, 1.82) is 0 Å². The predicted octanol–water partition coefficient (Wildman–Crippen LogP) is 2.09. The van der Waals surface area contributed by atoms with Gasteiger partial charge in [-0.1, -0.05) is 0 Å². The van der Waals surface area contributed by atoms with Crippen LogP contribution in [0.3, 0.4) is 0 Å². The molecule has 1 saturated heterocycles. The summed E-state index contributed by atoms with van der Waals surface area (Å²) in [6, 6.07) is 3.09. The number of carbonyl (C=O) groups excluding carboxylic acids is 2. The highest BCUT2D eigenvalue weighted by Gasteiger charge is 2.39. The number of anilines is 1. The van der Waals surface area contributed by atoms with E-state index in [0.29, 0.717) is 27.8 Å². The number of carbonyl (C=O) groups is 2. The van der Waals surface area contributed by atoms with Gasteiger partial charge in [-0.05, 0) is 0 Å². The van der Waals surface area contributed by atoms with Gasteiger partial charge in [-0.2, -0.15) is 13.2 Å². The lowest BCUT2D eigenvalue weighted by Gasteiger charge is -2.23. The number of amides is 2. The average molecular weight is 390 g/mol. The normalized spacial score (nSPS) is 17.1. The highest BCUT2D eigenvalue weighted by Crippen LogP contribution is 2.42. The number of hydrogen-bond donors (Lipinski definition) is 0. The van der Waals surface area contributed by atoms with Crippen LogP contribution >= 0.6 is 0 Å². The first-order valence-electron chi connectivity index (χ1n) is 8.03. The minimum atomic E-state index is -4.50. The van der Waals surface area contributed by atoms with E-state index in [-0.39, 0.29) is 18.9 Å². The van der Waals surface area contributed by atoms with Crippen LogP contribution in [0, 0.1) is 5.92 Å². The molecule has 0 aromatic heterocycles. The van der Waals surface area contributed by atoms with Gasteiger partial charge in [0.15, 0.2) is 11.5 Å². The molecule has 1 aromatic rings. The van der Waals surface area contributed by atoms with Crippen LogP contribution in [0.4, 0.5) is 18.9 Å². The first-order valence-corrected chi connectivity index (χ1v) is 8.03.